The number of hydrogen-bond acceptors (Lipinski definition) is 3. The molecule has 72 valence electrons. The fourth-order valence-corrected chi connectivity index (χ4v) is 0.776. The van der Waals surface area contributed by atoms with Gasteiger partial charge in [-0.1, -0.05) is 27.7 Å². The summed E-state index contributed by atoms with van der Waals surface area (Å²) in [4.78, 5) is 10.0. The standard InChI is InChI=1S/C9H19NO2/c1-5-8(12-7-11)10-6-9(2,3)4/h7-8,10H,5-6H2,1-4H3. The van der Waals surface area contributed by atoms with Crippen molar-refractivity contribution in [1.82, 2.24) is 5.32 Å². The van der Waals surface area contributed by atoms with Crippen LogP contribution < -0.4 is 5.32 Å². The third kappa shape index (κ3) is 6.16. The van der Waals surface area contributed by atoms with Gasteiger partial charge in [-0.3, -0.25) is 10.1 Å². The van der Waals surface area contributed by atoms with Crippen molar-refractivity contribution >= 4 is 6.47 Å². The van der Waals surface area contributed by atoms with Crippen molar-refractivity contribution in [2.24, 2.45) is 5.41 Å². The summed E-state index contributed by atoms with van der Waals surface area (Å²) in [5, 5.41) is 3.16. The van der Waals surface area contributed by atoms with Crippen molar-refractivity contribution in [3.8, 4) is 0 Å². The highest BCUT2D eigenvalue weighted by Crippen LogP contribution is 2.11. The maximum atomic E-state index is 10.0. The van der Waals surface area contributed by atoms with Crippen molar-refractivity contribution in [2.75, 3.05) is 6.54 Å². The predicted octanol–water partition coefficient (Wildman–Crippen LogP) is 1.53. The van der Waals surface area contributed by atoms with Gasteiger partial charge in [0.15, 0.2) is 6.23 Å². The van der Waals surface area contributed by atoms with Crippen LogP contribution in [-0.2, 0) is 9.53 Å². The smallest absolute Gasteiger partial charge is 0.294 e. The van der Waals surface area contributed by atoms with Gasteiger partial charge >= 0.3 is 0 Å². The molecule has 1 atom stereocenters. The predicted molar refractivity (Wildman–Crippen MR) is 48.7 cm³/mol. The second-order valence-corrected chi connectivity index (χ2v) is 4.07. The van der Waals surface area contributed by atoms with E-state index in [9.17, 15) is 4.79 Å². The molecule has 0 fully saturated rings. The fraction of sp³-hybridized carbons (Fsp3) is 0.889. The van der Waals surface area contributed by atoms with E-state index in [-0.39, 0.29) is 11.6 Å². The monoisotopic (exact) mass is 173 g/mol. The van der Waals surface area contributed by atoms with Gasteiger partial charge in [0.05, 0.1) is 0 Å². The highest BCUT2D eigenvalue weighted by atomic mass is 16.5. The Morgan fingerprint density at radius 2 is 2.08 bits per heavy atom. The summed E-state index contributed by atoms with van der Waals surface area (Å²) in [5.41, 5.74) is 0.222. The Kier molecular flexibility index (Phi) is 4.90. The Bertz CT molecular complexity index is 129. The molecule has 0 aliphatic carbocycles. The highest BCUT2D eigenvalue weighted by molar-refractivity contribution is 5.37. The van der Waals surface area contributed by atoms with Crippen LogP contribution in [0, 0.1) is 5.41 Å². The summed E-state index contributed by atoms with van der Waals surface area (Å²) in [5.74, 6) is 0. The van der Waals surface area contributed by atoms with Crippen molar-refractivity contribution < 1.29 is 9.53 Å². The molecule has 0 aromatic rings. The number of ether oxygens (including phenoxy) is 1. The van der Waals surface area contributed by atoms with E-state index < -0.39 is 0 Å². The number of nitrogens with one attached hydrogen (secondary N) is 1. The van der Waals surface area contributed by atoms with Crippen LogP contribution in [-0.4, -0.2) is 19.2 Å². The maximum absolute atomic E-state index is 10.0. The van der Waals surface area contributed by atoms with E-state index in [2.05, 4.69) is 26.1 Å². The fourth-order valence-electron chi connectivity index (χ4n) is 0.776. The van der Waals surface area contributed by atoms with Gasteiger partial charge < -0.3 is 4.74 Å². The van der Waals surface area contributed by atoms with Gasteiger partial charge in [0.25, 0.3) is 6.47 Å². The first-order chi connectivity index (χ1) is 5.49. The molecule has 0 amide bonds. The van der Waals surface area contributed by atoms with E-state index >= 15 is 0 Å². The van der Waals surface area contributed by atoms with Crippen molar-refractivity contribution in [3.05, 3.63) is 0 Å². The minimum Gasteiger partial charge on any atom is -0.449 e. The van der Waals surface area contributed by atoms with Crippen molar-refractivity contribution in [3.63, 3.8) is 0 Å². The molecule has 1 unspecified atom stereocenters. The van der Waals surface area contributed by atoms with Crippen LogP contribution in [0.25, 0.3) is 0 Å². The van der Waals surface area contributed by atoms with Gasteiger partial charge in [0.2, 0.25) is 0 Å². The molecule has 0 aliphatic heterocycles. The zero-order chi connectivity index (χ0) is 9.61. The second kappa shape index (κ2) is 5.14. The SMILES string of the molecule is CCC(NCC(C)(C)C)OC=O. The summed E-state index contributed by atoms with van der Waals surface area (Å²) < 4.78 is 4.79. The third-order valence-electron chi connectivity index (χ3n) is 1.45. The van der Waals surface area contributed by atoms with Gasteiger partial charge in [-0.15, -0.1) is 0 Å². The van der Waals surface area contributed by atoms with E-state index in [4.69, 9.17) is 4.74 Å². The molecule has 0 aliphatic rings. The lowest BCUT2D eigenvalue weighted by molar-refractivity contribution is -0.135. The van der Waals surface area contributed by atoms with Gasteiger partial charge in [-0.25, -0.2) is 0 Å². The molecule has 3 heteroatoms. The lowest BCUT2D eigenvalue weighted by Gasteiger charge is -2.22. The van der Waals surface area contributed by atoms with Gasteiger partial charge in [0, 0.05) is 6.54 Å². The van der Waals surface area contributed by atoms with Crippen LogP contribution in [0.1, 0.15) is 34.1 Å². The molecule has 3 nitrogen and oxygen atoms in total. The molecular weight excluding hydrogens is 154 g/mol. The largest absolute Gasteiger partial charge is 0.449 e. The minimum absolute atomic E-state index is 0.137. The van der Waals surface area contributed by atoms with Crippen LogP contribution in [0.3, 0.4) is 0 Å². The van der Waals surface area contributed by atoms with Crippen molar-refractivity contribution in [1.29, 1.82) is 0 Å². The summed E-state index contributed by atoms with van der Waals surface area (Å²) in [7, 11) is 0. The molecule has 0 aromatic carbocycles. The Labute approximate surface area is 74.5 Å². The summed E-state index contributed by atoms with van der Waals surface area (Å²) >= 11 is 0. The lowest BCUT2D eigenvalue weighted by atomic mass is 9.97. The van der Waals surface area contributed by atoms with Gasteiger partial charge in [-0.2, -0.15) is 0 Å². The molecule has 0 saturated carbocycles. The molecule has 0 saturated heterocycles. The molecule has 0 spiro atoms. The molecular formula is C9H19NO2. The number of hydrogen-bond donors (Lipinski definition) is 1. The average molecular weight is 173 g/mol. The summed E-state index contributed by atoms with van der Waals surface area (Å²) in [6.07, 6.45) is 0.663. The van der Waals surface area contributed by atoms with Crippen LogP contribution in [0.4, 0.5) is 0 Å². The van der Waals surface area contributed by atoms with Crippen molar-refractivity contribution in [2.45, 2.75) is 40.3 Å². The third-order valence-corrected chi connectivity index (χ3v) is 1.45. The lowest BCUT2D eigenvalue weighted by Crippen LogP contribution is -2.37. The van der Waals surface area contributed by atoms with Crippen LogP contribution in [0.5, 0.6) is 0 Å². The number of carbonyl (C=O) groups excluding carboxylic acids is 1. The summed E-state index contributed by atoms with van der Waals surface area (Å²) in [6, 6.07) is 0. The Morgan fingerprint density at radius 1 is 1.50 bits per heavy atom. The molecule has 1 N–H and O–H groups in total. The normalized spacial score (nSPS) is 14.0. The Hall–Kier alpha value is -0.570. The first kappa shape index (κ1) is 11.4. The molecule has 0 radical (unpaired) electrons. The second-order valence-electron chi connectivity index (χ2n) is 4.07. The Morgan fingerprint density at radius 3 is 2.42 bits per heavy atom. The van der Waals surface area contributed by atoms with E-state index in [1.54, 1.807) is 0 Å². The van der Waals surface area contributed by atoms with E-state index in [0.29, 0.717) is 6.47 Å². The topological polar surface area (TPSA) is 38.3 Å². The maximum Gasteiger partial charge on any atom is 0.294 e. The summed E-state index contributed by atoms with van der Waals surface area (Å²) in [6.45, 7) is 9.71. The molecule has 0 bridgehead atoms. The van der Waals surface area contributed by atoms with Crippen LogP contribution in [0.15, 0.2) is 0 Å². The highest BCUT2D eigenvalue weighted by Gasteiger charge is 2.13. The van der Waals surface area contributed by atoms with Crippen LogP contribution >= 0.6 is 0 Å². The van der Waals surface area contributed by atoms with Gasteiger partial charge in [0.1, 0.15) is 0 Å². The molecule has 12 heavy (non-hydrogen) atoms. The number of rotatable bonds is 5. The zero-order valence-corrected chi connectivity index (χ0v) is 8.39. The molecule has 0 rings (SSSR count). The first-order valence-corrected chi connectivity index (χ1v) is 4.32. The average Bonchev–Trinajstić information content (AvgIpc) is 1.96. The first-order valence-electron chi connectivity index (χ1n) is 4.32. The van der Waals surface area contributed by atoms with Gasteiger partial charge in [-0.05, 0) is 11.8 Å². The van der Waals surface area contributed by atoms with E-state index in [1.807, 2.05) is 6.92 Å². The van der Waals surface area contributed by atoms with E-state index in [1.165, 1.54) is 0 Å². The zero-order valence-electron chi connectivity index (χ0n) is 8.39. The molecule has 0 aromatic heterocycles. The van der Waals surface area contributed by atoms with E-state index in [0.717, 1.165) is 13.0 Å². The minimum atomic E-state index is -0.137. The Balaban J connectivity index is 3.64. The molecule has 0 heterocycles. The quantitative estimate of drug-likeness (QED) is 0.506. The number of carbonyl (C=O) groups is 1. The van der Waals surface area contributed by atoms with Crippen LogP contribution in [0.2, 0.25) is 0 Å².